The minimum Gasteiger partial charge on any atom is -0.409 e. The maximum absolute atomic E-state index is 11.1. The molecule has 0 saturated carbocycles. The Bertz CT molecular complexity index is 319. The number of hydrogen-bond acceptors (Lipinski definition) is 4. The van der Waals surface area contributed by atoms with Crippen LogP contribution in [0.5, 0.6) is 0 Å². The highest BCUT2D eigenvalue weighted by molar-refractivity contribution is 5.98. The van der Waals surface area contributed by atoms with E-state index >= 15 is 0 Å². The van der Waals surface area contributed by atoms with Crippen molar-refractivity contribution < 1.29 is 10.0 Å². The number of amides is 1. The lowest BCUT2D eigenvalue weighted by molar-refractivity contribution is -0.120. The fourth-order valence-corrected chi connectivity index (χ4v) is 0.838. The first-order chi connectivity index (χ1) is 6.72. The number of H-pyrrole nitrogens is 1. The zero-order chi connectivity index (χ0) is 10.4. The van der Waals surface area contributed by atoms with E-state index in [0.29, 0.717) is 6.54 Å². The van der Waals surface area contributed by atoms with Crippen molar-refractivity contribution in [3.8, 4) is 0 Å². The maximum atomic E-state index is 11.1. The van der Waals surface area contributed by atoms with Gasteiger partial charge in [0.05, 0.1) is 25.0 Å². The molecule has 1 heterocycles. The molecule has 0 bridgehead atoms. The number of aromatic nitrogens is 2. The van der Waals surface area contributed by atoms with Gasteiger partial charge in [-0.2, -0.15) is 0 Å². The Morgan fingerprint density at radius 2 is 2.57 bits per heavy atom. The van der Waals surface area contributed by atoms with Gasteiger partial charge in [0.1, 0.15) is 5.84 Å². The molecule has 0 aliphatic carbocycles. The van der Waals surface area contributed by atoms with Gasteiger partial charge in [-0.25, -0.2) is 4.98 Å². The molecule has 0 atom stereocenters. The van der Waals surface area contributed by atoms with E-state index in [4.69, 9.17) is 10.9 Å². The second kappa shape index (κ2) is 4.85. The Labute approximate surface area is 80.0 Å². The van der Waals surface area contributed by atoms with Gasteiger partial charge in [-0.15, -0.1) is 0 Å². The van der Waals surface area contributed by atoms with Gasteiger partial charge < -0.3 is 21.2 Å². The summed E-state index contributed by atoms with van der Waals surface area (Å²) >= 11 is 0. The molecule has 14 heavy (non-hydrogen) atoms. The molecule has 5 N–H and O–H groups in total. The second-order valence-corrected chi connectivity index (χ2v) is 2.62. The van der Waals surface area contributed by atoms with Crippen molar-refractivity contribution in [3.05, 3.63) is 18.2 Å². The van der Waals surface area contributed by atoms with Crippen LogP contribution in [-0.4, -0.2) is 26.9 Å². The number of nitrogens with zero attached hydrogens (tertiary/aromatic N) is 2. The third kappa shape index (κ3) is 3.13. The molecule has 0 aliphatic heterocycles. The number of nitrogens with one attached hydrogen (secondary N) is 2. The quantitative estimate of drug-likeness (QED) is 0.218. The molecule has 1 amide bonds. The van der Waals surface area contributed by atoms with Crippen molar-refractivity contribution in [2.75, 3.05) is 0 Å². The molecule has 0 saturated heterocycles. The molecular formula is C7H11N5O2. The average molecular weight is 197 g/mol. The molecule has 0 aliphatic rings. The smallest absolute Gasteiger partial charge is 0.228 e. The molecule has 1 aromatic rings. The highest BCUT2D eigenvalue weighted by atomic mass is 16.4. The van der Waals surface area contributed by atoms with E-state index < -0.39 is 0 Å². The number of carbonyl (C=O) groups excluding carboxylic acids is 1. The van der Waals surface area contributed by atoms with Crippen LogP contribution in [0.25, 0.3) is 0 Å². The van der Waals surface area contributed by atoms with E-state index in [9.17, 15) is 4.79 Å². The van der Waals surface area contributed by atoms with E-state index in [0.717, 1.165) is 5.69 Å². The van der Waals surface area contributed by atoms with Gasteiger partial charge in [-0.3, -0.25) is 4.79 Å². The van der Waals surface area contributed by atoms with E-state index in [1.165, 1.54) is 6.33 Å². The maximum Gasteiger partial charge on any atom is 0.228 e. The summed E-state index contributed by atoms with van der Waals surface area (Å²) in [7, 11) is 0. The summed E-state index contributed by atoms with van der Waals surface area (Å²) in [5, 5.41) is 13.5. The van der Waals surface area contributed by atoms with Crippen LogP contribution in [0.15, 0.2) is 17.7 Å². The molecule has 76 valence electrons. The van der Waals surface area contributed by atoms with Gasteiger partial charge in [-0.05, 0) is 0 Å². The minimum atomic E-state index is -0.310. The van der Waals surface area contributed by atoms with Crippen LogP contribution in [0.2, 0.25) is 0 Å². The summed E-state index contributed by atoms with van der Waals surface area (Å²) in [6.07, 6.45) is 3.00. The average Bonchev–Trinajstić information content (AvgIpc) is 2.67. The van der Waals surface area contributed by atoms with Crippen LogP contribution >= 0.6 is 0 Å². The third-order valence-corrected chi connectivity index (χ3v) is 1.50. The number of hydrogen-bond donors (Lipinski definition) is 4. The predicted octanol–water partition coefficient (Wildman–Crippen LogP) is -0.838. The summed E-state index contributed by atoms with van der Waals surface area (Å²) in [6, 6.07) is 0. The van der Waals surface area contributed by atoms with Gasteiger partial charge in [0.2, 0.25) is 5.91 Å². The molecule has 0 fully saturated rings. The van der Waals surface area contributed by atoms with Crippen LogP contribution < -0.4 is 11.1 Å². The second-order valence-electron chi connectivity index (χ2n) is 2.62. The number of aromatic amines is 1. The molecule has 0 radical (unpaired) electrons. The SMILES string of the molecule is NC(CC(=O)NCc1cnc[nH]1)=NO. The monoisotopic (exact) mass is 197 g/mol. The lowest BCUT2D eigenvalue weighted by Gasteiger charge is -2.01. The van der Waals surface area contributed by atoms with E-state index in [1.54, 1.807) is 6.20 Å². The summed E-state index contributed by atoms with van der Waals surface area (Å²) in [5.41, 5.74) is 5.93. The van der Waals surface area contributed by atoms with Crippen LogP contribution in [0.4, 0.5) is 0 Å². The normalized spacial score (nSPS) is 11.3. The number of carbonyl (C=O) groups is 1. The lowest BCUT2D eigenvalue weighted by Crippen LogP contribution is -2.28. The number of rotatable bonds is 4. The first-order valence-electron chi connectivity index (χ1n) is 3.92. The van der Waals surface area contributed by atoms with Crippen LogP contribution in [0.3, 0.4) is 0 Å². The Balaban J connectivity index is 2.29. The van der Waals surface area contributed by atoms with Gasteiger partial charge in [-0.1, -0.05) is 5.16 Å². The number of oxime groups is 1. The summed E-state index contributed by atoms with van der Waals surface area (Å²) in [6.45, 7) is 0.345. The molecule has 1 aromatic heterocycles. The highest BCUT2D eigenvalue weighted by Crippen LogP contribution is 1.90. The van der Waals surface area contributed by atoms with Crippen molar-refractivity contribution in [2.45, 2.75) is 13.0 Å². The minimum absolute atomic E-state index is 0.118. The van der Waals surface area contributed by atoms with Gasteiger partial charge in [0.15, 0.2) is 0 Å². The first-order valence-corrected chi connectivity index (χ1v) is 3.92. The number of amidine groups is 1. The summed E-state index contributed by atoms with van der Waals surface area (Å²) < 4.78 is 0. The fourth-order valence-electron chi connectivity index (χ4n) is 0.838. The van der Waals surface area contributed by atoms with Crippen LogP contribution in [0, 0.1) is 0 Å². The van der Waals surface area contributed by atoms with Crippen molar-refractivity contribution in [2.24, 2.45) is 10.9 Å². The fraction of sp³-hybridized carbons (Fsp3) is 0.286. The number of nitrogens with two attached hydrogens (primary N) is 1. The van der Waals surface area contributed by atoms with Crippen molar-refractivity contribution in [1.82, 2.24) is 15.3 Å². The van der Waals surface area contributed by atoms with E-state index in [-0.39, 0.29) is 18.2 Å². The summed E-state index contributed by atoms with van der Waals surface area (Å²) in [5.74, 6) is -0.429. The van der Waals surface area contributed by atoms with Gasteiger partial charge in [0.25, 0.3) is 0 Å². The van der Waals surface area contributed by atoms with Gasteiger partial charge >= 0.3 is 0 Å². The zero-order valence-electron chi connectivity index (χ0n) is 7.40. The van der Waals surface area contributed by atoms with Crippen LogP contribution in [0.1, 0.15) is 12.1 Å². The predicted molar refractivity (Wildman–Crippen MR) is 48.5 cm³/mol. The molecule has 0 unspecified atom stereocenters. The summed E-state index contributed by atoms with van der Waals surface area (Å²) in [4.78, 5) is 17.7. The van der Waals surface area contributed by atoms with Crippen LogP contribution in [-0.2, 0) is 11.3 Å². The first kappa shape index (κ1) is 10.0. The Morgan fingerprint density at radius 1 is 1.79 bits per heavy atom. The van der Waals surface area contributed by atoms with E-state index in [2.05, 4.69) is 20.4 Å². The molecule has 0 aromatic carbocycles. The third-order valence-electron chi connectivity index (χ3n) is 1.50. The Hall–Kier alpha value is -2.05. The van der Waals surface area contributed by atoms with Crippen molar-refractivity contribution in [3.63, 3.8) is 0 Å². The van der Waals surface area contributed by atoms with Crippen molar-refractivity contribution in [1.29, 1.82) is 0 Å². The molecule has 1 rings (SSSR count). The topological polar surface area (TPSA) is 116 Å². The molecule has 7 nitrogen and oxygen atoms in total. The van der Waals surface area contributed by atoms with Gasteiger partial charge in [0, 0.05) is 6.20 Å². The highest BCUT2D eigenvalue weighted by Gasteiger charge is 2.04. The molecule has 7 heteroatoms. The standard InChI is InChI=1S/C7H11N5O2/c8-6(12-14)1-7(13)10-3-5-2-9-4-11-5/h2,4,14H,1,3H2,(H2,8,12)(H,9,11)(H,10,13). The molecular weight excluding hydrogens is 186 g/mol. The zero-order valence-corrected chi connectivity index (χ0v) is 7.40. The lowest BCUT2D eigenvalue weighted by atomic mass is 10.3. The largest absolute Gasteiger partial charge is 0.409 e. The van der Waals surface area contributed by atoms with Crippen molar-refractivity contribution >= 4 is 11.7 Å². The molecule has 0 spiro atoms. The number of imidazole rings is 1. The Morgan fingerprint density at radius 3 is 3.14 bits per heavy atom. The van der Waals surface area contributed by atoms with E-state index in [1.807, 2.05) is 0 Å². The Kier molecular flexibility index (Phi) is 3.48.